The number of para-hydroxylation sites is 1. The Hall–Kier alpha value is -3.57. The molecule has 3 heterocycles. The number of pyridine rings is 2. The van der Waals surface area contributed by atoms with Crippen molar-refractivity contribution in [1.29, 1.82) is 0 Å². The van der Waals surface area contributed by atoms with Crippen molar-refractivity contribution in [3.8, 4) is 11.3 Å². The minimum atomic E-state index is -0.00834. The van der Waals surface area contributed by atoms with Gasteiger partial charge in [0.25, 0.3) is 5.91 Å². The van der Waals surface area contributed by atoms with E-state index < -0.39 is 0 Å². The van der Waals surface area contributed by atoms with E-state index in [-0.39, 0.29) is 12.0 Å². The third kappa shape index (κ3) is 4.18. The summed E-state index contributed by atoms with van der Waals surface area (Å²) in [4.78, 5) is 24.5. The van der Waals surface area contributed by atoms with Crippen LogP contribution in [0.5, 0.6) is 0 Å². The summed E-state index contributed by atoms with van der Waals surface area (Å²) < 4.78 is 5.96. The van der Waals surface area contributed by atoms with E-state index in [2.05, 4.69) is 17.1 Å². The van der Waals surface area contributed by atoms with Gasteiger partial charge >= 0.3 is 0 Å². The summed E-state index contributed by atoms with van der Waals surface area (Å²) in [7, 11) is 0. The minimum Gasteiger partial charge on any atom is -0.374 e. The molecule has 4 aromatic rings. The quantitative estimate of drug-likeness (QED) is 0.502. The fourth-order valence-corrected chi connectivity index (χ4v) is 4.09. The summed E-state index contributed by atoms with van der Waals surface area (Å²) in [6.07, 6.45) is 4.29. The van der Waals surface area contributed by atoms with Crippen LogP contribution in [0.3, 0.4) is 0 Å². The predicted molar refractivity (Wildman–Crippen MR) is 121 cm³/mol. The van der Waals surface area contributed by atoms with Crippen LogP contribution in [0.25, 0.3) is 22.2 Å². The first kappa shape index (κ1) is 19.4. The molecule has 1 amide bonds. The van der Waals surface area contributed by atoms with Gasteiger partial charge in [-0.25, -0.2) is 4.98 Å². The first-order chi connectivity index (χ1) is 15.3. The van der Waals surface area contributed by atoms with E-state index in [0.717, 1.165) is 28.6 Å². The van der Waals surface area contributed by atoms with Gasteiger partial charge in [-0.05, 0) is 29.8 Å². The topological polar surface area (TPSA) is 55.3 Å². The molecule has 0 aliphatic carbocycles. The van der Waals surface area contributed by atoms with Gasteiger partial charge in [-0.1, -0.05) is 48.5 Å². The Morgan fingerprint density at radius 1 is 1.03 bits per heavy atom. The molecule has 2 aromatic heterocycles. The van der Waals surface area contributed by atoms with Crippen molar-refractivity contribution in [2.45, 2.75) is 12.5 Å². The molecule has 0 radical (unpaired) electrons. The Morgan fingerprint density at radius 2 is 1.87 bits per heavy atom. The highest BCUT2D eigenvalue weighted by Crippen LogP contribution is 2.26. The molecule has 1 atom stereocenters. The monoisotopic (exact) mass is 409 g/mol. The number of carbonyl (C=O) groups is 1. The summed E-state index contributed by atoms with van der Waals surface area (Å²) in [6, 6.07) is 23.8. The van der Waals surface area contributed by atoms with Gasteiger partial charge in [-0.15, -0.1) is 0 Å². The van der Waals surface area contributed by atoms with Crippen LogP contribution in [0.1, 0.15) is 15.9 Å². The first-order valence-corrected chi connectivity index (χ1v) is 10.5. The maximum absolute atomic E-state index is 13.6. The summed E-state index contributed by atoms with van der Waals surface area (Å²) >= 11 is 0. The maximum atomic E-state index is 13.6. The Bertz CT molecular complexity index is 1200. The average Bonchev–Trinajstić information content (AvgIpc) is 2.84. The largest absolute Gasteiger partial charge is 0.374 e. The lowest BCUT2D eigenvalue weighted by molar-refractivity contribution is -0.0207. The van der Waals surface area contributed by atoms with Crippen molar-refractivity contribution in [2.24, 2.45) is 0 Å². The lowest BCUT2D eigenvalue weighted by atomic mass is 10.0. The van der Waals surface area contributed by atoms with Gasteiger partial charge in [0, 0.05) is 42.9 Å². The van der Waals surface area contributed by atoms with Crippen LogP contribution >= 0.6 is 0 Å². The van der Waals surface area contributed by atoms with Gasteiger partial charge in [-0.3, -0.25) is 9.78 Å². The van der Waals surface area contributed by atoms with Crippen LogP contribution in [0, 0.1) is 0 Å². The molecule has 1 saturated heterocycles. The molecule has 154 valence electrons. The smallest absolute Gasteiger partial charge is 0.254 e. The highest BCUT2D eigenvalue weighted by Gasteiger charge is 2.27. The molecule has 1 aliphatic heterocycles. The molecule has 0 N–H and O–H groups in total. The van der Waals surface area contributed by atoms with Crippen molar-refractivity contribution in [3.63, 3.8) is 0 Å². The molecule has 0 unspecified atom stereocenters. The second-order valence-electron chi connectivity index (χ2n) is 7.75. The number of aromatic nitrogens is 2. The van der Waals surface area contributed by atoms with Gasteiger partial charge in [-0.2, -0.15) is 0 Å². The molecule has 1 fully saturated rings. The van der Waals surface area contributed by atoms with Gasteiger partial charge < -0.3 is 9.64 Å². The average molecular weight is 409 g/mol. The van der Waals surface area contributed by atoms with Crippen molar-refractivity contribution in [3.05, 3.63) is 96.3 Å². The number of ether oxygens (including phenoxy) is 1. The lowest BCUT2D eigenvalue weighted by Crippen LogP contribution is -2.46. The molecule has 0 spiro atoms. The Morgan fingerprint density at radius 3 is 2.71 bits per heavy atom. The van der Waals surface area contributed by atoms with Gasteiger partial charge in [0.15, 0.2) is 0 Å². The zero-order chi connectivity index (χ0) is 21.0. The maximum Gasteiger partial charge on any atom is 0.254 e. The number of amides is 1. The zero-order valence-electron chi connectivity index (χ0n) is 17.1. The summed E-state index contributed by atoms with van der Waals surface area (Å²) in [5.74, 6) is 0.0186. The Balaban J connectivity index is 1.46. The minimum absolute atomic E-state index is 0.00834. The molecule has 2 aromatic carbocycles. The normalized spacial score (nSPS) is 16.4. The number of fused-ring (bicyclic) bond motifs is 1. The van der Waals surface area contributed by atoms with Crippen LogP contribution in [-0.2, 0) is 11.2 Å². The summed E-state index contributed by atoms with van der Waals surface area (Å²) in [5.41, 5.74) is 4.34. The molecule has 5 nitrogen and oxygen atoms in total. The molecule has 5 heteroatoms. The van der Waals surface area contributed by atoms with Crippen LogP contribution in [0.4, 0.5) is 0 Å². The third-order valence-corrected chi connectivity index (χ3v) is 5.64. The second-order valence-corrected chi connectivity index (χ2v) is 7.75. The van der Waals surface area contributed by atoms with Crippen LogP contribution in [0.15, 0.2) is 85.2 Å². The lowest BCUT2D eigenvalue weighted by Gasteiger charge is -2.33. The van der Waals surface area contributed by atoms with Crippen molar-refractivity contribution >= 4 is 16.8 Å². The number of hydrogen-bond donors (Lipinski definition) is 0. The van der Waals surface area contributed by atoms with Crippen LogP contribution < -0.4 is 0 Å². The molecule has 0 saturated carbocycles. The van der Waals surface area contributed by atoms with Crippen molar-refractivity contribution < 1.29 is 9.53 Å². The third-order valence-electron chi connectivity index (χ3n) is 5.64. The number of morpholine rings is 1. The molecule has 31 heavy (non-hydrogen) atoms. The van der Waals surface area contributed by atoms with Gasteiger partial charge in [0.1, 0.15) is 0 Å². The Kier molecular flexibility index (Phi) is 5.42. The highest BCUT2D eigenvalue weighted by atomic mass is 16.5. The summed E-state index contributed by atoms with van der Waals surface area (Å²) in [5, 5.41) is 0.867. The number of hydrogen-bond acceptors (Lipinski definition) is 4. The molecule has 5 rings (SSSR count). The number of carbonyl (C=O) groups excluding carboxylic acids is 1. The van der Waals surface area contributed by atoms with E-state index in [1.807, 2.05) is 65.6 Å². The van der Waals surface area contributed by atoms with Crippen LogP contribution in [0.2, 0.25) is 0 Å². The highest BCUT2D eigenvalue weighted by molar-refractivity contribution is 6.07. The van der Waals surface area contributed by atoms with Crippen molar-refractivity contribution in [1.82, 2.24) is 14.9 Å². The van der Waals surface area contributed by atoms with Gasteiger partial charge in [0.05, 0.1) is 29.5 Å². The second kappa shape index (κ2) is 8.66. The number of nitrogens with zero attached hydrogens (tertiary/aromatic N) is 3. The predicted octanol–water partition coefficient (Wildman–Crippen LogP) is 4.38. The van der Waals surface area contributed by atoms with E-state index in [4.69, 9.17) is 9.72 Å². The fraction of sp³-hybridized carbons (Fsp3) is 0.192. The van der Waals surface area contributed by atoms with E-state index in [0.29, 0.717) is 25.3 Å². The van der Waals surface area contributed by atoms with E-state index in [1.54, 1.807) is 12.4 Å². The van der Waals surface area contributed by atoms with E-state index in [9.17, 15) is 4.79 Å². The number of benzene rings is 2. The molecule has 1 aliphatic rings. The Labute approximate surface area is 181 Å². The SMILES string of the molecule is O=C(c1cc(-c2cccnc2)nc2ccccc12)N1CCO[C@H](Cc2ccccc2)C1. The molecular formula is C26H23N3O2. The molecule has 0 bridgehead atoms. The van der Waals surface area contributed by atoms with Crippen LogP contribution in [-0.4, -0.2) is 46.6 Å². The number of rotatable bonds is 4. The van der Waals surface area contributed by atoms with E-state index in [1.165, 1.54) is 5.56 Å². The van der Waals surface area contributed by atoms with Gasteiger partial charge in [0.2, 0.25) is 0 Å². The first-order valence-electron chi connectivity index (χ1n) is 10.5. The molecular weight excluding hydrogens is 386 g/mol. The fourth-order valence-electron chi connectivity index (χ4n) is 4.09. The summed E-state index contributed by atoms with van der Waals surface area (Å²) in [6.45, 7) is 1.71. The van der Waals surface area contributed by atoms with Crippen molar-refractivity contribution in [2.75, 3.05) is 19.7 Å². The standard InChI is InChI=1S/C26H23N3O2/c30-26(29-13-14-31-21(18-29)15-19-7-2-1-3-8-19)23-16-25(20-9-6-12-27-17-20)28-24-11-5-4-10-22(23)24/h1-12,16-17,21H,13-15,18H2/t21-/m1/s1. The zero-order valence-corrected chi connectivity index (χ0v) is 17.1. The van der Waals surface area contributed by atoms with E-state index >= 15 is 0 Å².